The zero-order valence-electron chi connectivity index (χ0n) is 14.8. The van der Waals surface area contributed by atoms with Crippen molar-refractivity contribution in [3.63, 3.8) is 0 Å². The Morgan fingerprint density at radius 1 is 1.08 bits per heavy atom. The molecule has 0 fully saturated rings. The second kappa shape index (κ2) is 8.27. The van der Waals surface area contributed by atoms with Crippen molar-refractivity contribution in [2.75, 3.05) is 20.0 Å². The molecule has 0 aliphatic carbocycles. The second-order valence-corrected chi connectivity index (χ2v) is 7.05. The first-order chi connectivity index (χ1) is 12.6. The number of thioether (sulfide) groups is 1. The molecule has 2 aromatic carbocycles. The summed E-state index contributed by atoms with van der Waals surface area (Å²) >= 11 is 1.45. The molecule has 0 saturated heterocycles. The Morgan fingerprint density at radius 2 is 1.77 bits per heavy atom. The molecule has 0 spiro atoms. The van der Waals surface area contributed by atoms with Gasteiger partial charge in [0.25, 0.3) is 0 Å². The third-order valence-electron chi connectivity index (χ3n) is 4.46. The Bertz CT molecular complexity index is 791. The van der Waals surface area contributed by atoms with Crippen LogP contribution in [0.25, 0.3) is 0 Å². The molecule has 0 bridgehead atoms. The molecule has 136 valence electrons. The fourth-order valence-corrected chi connectivity index (χ4v) is 3.82. The number of hydrogen-bond acceptors (Lipinski definition) is 5. The highest BCUT2D eigenvalue weighted by molar-refractivity contribution is 8.00. The minimum atomic E-state index is -0.570. The summed E-state index contributed by atoms with van der Waals surface area (Å²) in [6.45, 7) is 0.429. The molecular formula is C20H21NO4S. The summed E-state index contributed by atoms with van der Waals surface area (Å²) in [5.74, 6) is 0.597. The number of carbonyl (C=O) groups is 2. The van der Waals surface area contributed by atoms with E-state index in [-0.39, 0.29) is 17.6 Å². The molecule has 1 atom stereocenters. The molecule has 1 aliphatic heterocycles. The first kappa shape index (κ1) is 18.3. The molecular weight excluding hydrogens is 350 g/mol. The lowest BCUT2D eigenvalue weighted by Gasteiger charge is -2.35. The van der Waals surface area contributed by atoms with E-state index in [9.17, 15) is 9.59 Å². The number of hydrogen-bond donors (Lipinski definition) is 0. The quantitative estimate of drug-likeness (QED) is 0.598. The summed E-state index contributed by atoms with van der Waals surface area (Å²) in [5, 5.41) is 0. The van der Waals surface area contributed by atoms with Crippen molar-refractivity contribution in [2.45, 2.75) is 23.9 Å². The summed E-state index contributed by atoms with van der Waals surface area (Å²) in [7, 11) is 2.98. The van der Waals surface area contributed by atoms with Gasteiger partial charge in [0.2, 0.25) is 5.91 Å². The van der Waals surface area contributed by atoms with E-state index in [1.165, 1.54) is 18.9 Å². The molecule has 26 heavy (non-hydrogen) atoms. The van der Waals surface area contributed by atoms with Gasteiger partial charge in [0, 0.05) is 17.9 Å². The van der Waals surface area contributed by atoms with Gasteiger partial charge in [-0.05, 0) is 35.4 Å². The minimum absolute atomic E-state index is 0.0734. The molecule has 6 heteroatoms. The van der Waals surface area contributed by atoms with Crippen LogP contribution in [0.5, 0.6) is 5.75 Å². The van der Waals surface area contributed by atoms with E-state index in [4.69, 9.17) is 9.47 Å². The molecule has 1 heterocycles. The largest absolute Gasteiger partial charge is 0.497 e. The third-order valence-corrected chi connectivity index (χ3v) is 5.46. The van der Waals surface area contributed by atoms with Gasteiger partial charge in [-0.15, -0.1) is 11.8 Å². The molecule has 2 aromatic rings. The summed E-state index contributed by atoms with van der Waals surface area (Å²) in [5.41, 5.74) is 2.17. The maximum atomic E-state index is 12.8. The predicted octanol–water partition coefficient (Wildman–Crippen LogP) is 2.91. The summed E-state index contributed by atoms with van der Waals surface area (Å²) in [6.07, 6.45) is 0.488. The van der Waals surface area contributed by atoms with E-state index in [1.807, 2.05) is 48.5 Å². The van der Waals surface area contributed by atoms with Crippen LogP contribution in [0.3, 0.4) is 0 Å². The maximum Gasteiger partial charge on any atom is 0.328 e. The average molecular weight is 371 g/mol. The predicted molar refractivity (Wildman–Crippen MR) is 100 cm³/mol. The summed E-state index contributed by atoms with van der Waals surface area (Å²) in [6, 6.07) is 14.9. The van der Waals surface area contributed by atoms with Gasteiger partial charge < -0.3 is 14.4 Å². The van der Waals surface area contributed by atoms with Crippen LogP contribution in [0.15, 0.2) is 53.4 Å². The van der Waals surface area contributed by atoms with Gasteiger partial charge in [-0.2, -0.15) is 0 Å². The van der Waals surface area contributed by atoms with Gasteiger partial charge in [0.15, 0.2) is 0 Å². The zero-order valence-corrected chi connectivity index (χ0v) is 15.6. The number of nitrogens with zero attached hydrogens (tertiary/aromatic N) is 1. The Hall–Kier alpha value is -2.47. The van der Waals surface area contributed by atoms with E-state index < -0.39 is 6.04 Å². The fourth-order valence-electron chi connectivity index (χ4n) is 3.03. The normalized spacial score (nSPS) is 15.9. The SMILES string of the molecule is COC(=O)[C@H]1Cc2ccccc2CN1C(=O)CSc1ccc(OC)cc1. The number of benzene rings is 2. The van der Waals surface area contributed by atoms with E-state index in [0.29, 0.717) is 13.0 Å². The van der Waals surface area contributed by atoms with Crippen molar-refractivity contribution in [1.29, 1.82) is 0 Å². The van der Waals surface area contributed by atoms with E-state index in [2.05, 4.69) is 0 Å². The van der Waals surface area contributed by atoms with Crippen LogP contribution in [-0.2, 0) is 27.3 Å². The second-order valence-electron chi connectivity index (χ2n) is 6.00. The third kappa shape index (κ3) is 4.02. The summed E-state index contributed by atoms with van der Waals surface area (Å²) in [4.78, 5) is 27.6. The topological polar surface area (TPSA) is 55.8 Å². The van der Waals surface area contributed by atoms with Crippen molar-refractivity contribution >= 4 is 23.6 Å². The number of fused-ring (bicyclic) bond motifs is 1. The van der Waals surface area contributed by atoms with Gasteiger partial charge in [-0.3, -0.25) is 4.79 Å². The number of ether oxygens (including phenoxy) is 2. The fraction of sp³-hybridized carbons (Fsp3) is 0.300. The van der Waals surface area contributed by atoms with Crippen LogP contribution in [0.2, 0.25) is 0 Å². The number of esters is 1. The molecule has 0 saturated carbocycles. The van der Waals surface area contributed by atoms with Gasteiger partial charge >= 0.3 is 5.97 Å². The highest BCUT2D eigenvalue weighted by Gasteiger charge is 2.35. The van der Waals surface area contributed by atoms with Crippen LogP contribution >= 0.6 is 11.8 Å². The van der Waals surface area contributed by atoms with E-state index in [1.54, 1.807) is 12.0 Å². The van der Waals surface area contributed by atoms with E-state index >= 15 is 0 Å². The molecule has 3 rings (SSSR count). The highest BCUT2D eigenvalue weighted by Crippen LogP contribution is 2.27. The molecule has 5 nitrogen and oxygen atoms in total. The van der Waals surface area contributed by atoms with Crippen LogP contribution in [-0.4, -0.2) is 42.8 Å². The molecule has 0 N–H and O–H groups in total. The van der Waals surface area contributed by atoms with Crippen LogP contribution < -0.4 is 4.74 Å². The standard InChI is InChI=1S/C20H21NO4S/c1-24-16-7-9-17(10-8-16)26-13-19(22)21-12-15-6-4-3-5-14(15)11-18(21)20(23)25-2/h3-10,18H,11-13H2,1-2H3/t18-/m1/s1. The highest BCUT2D eigenvalue weighted by atomic mass is 32.2. The lowest BCUT2D eigenvalue weighted by molar-refractivity contribution is -0.153. The minimum Gasteiger partial charge on any atom is -0.497 e. The van der Waals surface area contributed by atoms with E-state index in [0.717, 1.165) is 21.8 Å². The zero-order chi connectivity index (χ0) is 18.5. The van der Waals surface area contributed by atoms with Crippen molar-refractivity contribution in [3.05, 3.63) is 59.7 Å². The van der Waals surface area contributed by atoms with Gasteiger partial charge in [-0.25, -0.2) is 4.79 Å². The van der Waals surface area contributed by atoms with Crippen LogP contribution in [0, 0.1) is 0 Å². The Morgan fingerprint density at radius 3 is 2.42 bits per heavy atom. The lowest BCUT2D eigenvalue weighted by Crippen LogP contribution is -2.49. The lowest BCUT2D eigenvalue weighted by atomic mass is 9.94. The maximum absolute atomic E-state index is 12.8. The first-order valence-electron chi connectivity index (χ1n) is 8.33. The number of amides is 1. The Labute approximate surface area is 157 Å². The smallest absolute Gasteiger partial charge is 0.328 e. The summed E-state index contributed by atoms with van der Waals surface area (Å²) < 4.78 is 10.1. The van der Waals surface area contributed by atoms with Crippen molar-refractivity contribution in [1.82, 2.24) is 4.90 Å². The van der Waals surface area contributed by atoms with Crippen molar-refractivity contribution < 1.29 is 19.1 Å². The average Bonchev–Trinajstić information content (AvgIpc) is 2.70. The van der Waals surface area contributed by atoms with Crippen LogP contribution in [0.1, 0.15) is 11.1 Å². The Balaban J connectivity index is 1.71. The molecule has 0 aromatic heterocycles. The number of carbonyl (C=O) groups excluding carboxylic acids is 2. The Kier molecular flexibility index (Phi) is 5.83. The van der Waals surface area contributed by atoms with Crippen LogP contribution in [0.4, 0.5) is 0 Å². The van der Waals surface area contributed by atoms with Gasteiger partial charge in [0.05, 0.1) is 20.0 Å². The number of rotatable bonds is 5. The molecule has 1 aliphatic rings. The van der Waals surface area contributed by atoms with Gasteiger partial charge in [0.1, 0.15) is 11.8 Å². The first-order valence-corrected chi connectivity index (χ1v) is 9.32. The molecule has 0 unspecified atom stereocenters. The molecule has 1 amide bonds. The molecule has 0 radical (unpaired) electrons. The van der Waals surface area contributed by atoms with Crippen molar-refractivity contribution in [2.24, 2.45) is 0 Å². The monoisotopic (exact) mass is 371 g/mol. The number of methoxy groups -OCH3 is 2. The van der Waals surface area contributed by atoms with Gasteiger partial charge in [-0.1, -0.05) is 24.3 Å². The van der Waals surface area contributed by atoms with Crippen molar-refractivity contribution in [3.8, 4) is 5.75 Å².